The third-order valence-corrected chi connectivity index (χ3v) is 4.33. The summed E-state index contributed by atoms with van der Waals surface area (Å²) in [5.41, 5.74) is 0.899. The lowest BCUT2D eigenvalue weighted by molar-refractivity contribution is 0.0904. The zero-order valence-electron chi connectivity index (χ0n) is 15.8. The number of benzene rings is 1. The van der Waals surface area contributed by atoms with Crippen molar-refractivity contribution < 1.29 is 23.3 Å². The molecule has 0 radical (unpaired) electrons. The molecule has 4 rings (SSSR count). The Hall–Kier alpha value is -3.36. The van der Waals surface area contributed by atoms with E-state index in [1.54, 1.807) is 25.1 Å². The van der Waals surface area contributed by atoms with E-state index >= 15 is 0 Å². The van der Waals surface area contributed by atoms with Crippen molar-refractivity contribution in [1.82, 2.24) is 20.6 Å². The molecule has 1 aliphatic heterocycles. The topological polar surface area (TPSA) is 113 Å². The summed E-state index contributed by atoms with van der Waals surface area (Å²) in [6.45, 7) is 6.65. The molecule has 28 heavy (non-hydrogen) atoms. The third-order valence-electron chi connectivity index (χ3n) is 4.33. The second-order valence-electron chi connectivity index (χ2n) is 6.81. The number of rotatable bonds is 5. The number of nitrogens with one attached hydrogen (secondary N) is 1. The first kappa shape index (κ1) is 18.0. The van der Waals surface area contributed by atoms with Crippen LogP contribution < -0.4 is 14.8 Å². The Morgan fingerprint density at radius 3 is 2.57 bits per heavy atom. The van der Waals surface area contributed by atoms with Gasteiger partial charge in [0.1, 0.15) is 19.3 Å². The van der Waals surface area contributed by atoms with Gasteiger partial charge in [0.25, 0.3) is 5.91 Å². The minimum Gasteiger partial charge on any atom is -0.486 e. The maximum Gasteiger partial charge on any atom is 0.274 e. The number of carbonyl (C=O) groups is 1. The molecule has 0 fully saturated rings. The van der Waals surface area contributed by atoms with Gasteiger partial charge in [-0.2, -0.15) is 4.98 Å². The summed E-state index contributed by atoms with van der Waals surface area (Å²) in [6.07, 6.45) is 0. The molecular weight excluding hydrogens is 364 g/mol. The number of amides is 1. The van der Waals surface area contributed by atoms with Gasteiger partial charge in [-0.1, -0.05) is 24.2 Å². The van der Waals surface area contributed by atoms with Gasteiger partial charge in [0.05, 0.1) is 0 Å². The zero-order valence-corrected chi connectivity index (χ0v) is 15.8. The minimum absolute atomic E-state index is 0.0490. The summed E-state index contributed by atoms with van der Waals surface area (Å²) in [5.74, 6) is 2.31. The summed E-state index contributed by atoms with van der Waals surface area (Å²) in [7, 11) is 0. The van der Waals surface area contributed by atoms with Gasteiger partial charge in [0.2, 0.25) is 5.89 Å². The maximum atomic E-state index is 12.6. The second kappa shape index (κ2) is 7.34. The Morgan fingerprint density at radius 2 is 1.86 bits per heavy atom. The molecule has 0 unspecified atom stereocenters. The monoisotopic (exact) mass is 384 g/mol. The van der Waals surface area contributed by atoms with Crippen LogP contribution in [0.25, 0.3) is 11.3 Å². The number of aromatic nitrogens is 3. The number of ether oxygens (including phenoxy) is 2. The van der Waals surface area contributed by atoms with Crippen molar-refractivity contribution in [3.63, 3.8) is 0 Å². The molecule has 2 aromatic heterocycles. The Bertz CT molecular complexity index is 994. The van der Waals surface area contributed by atoms with Gasteiger partial charge < -0.3 is 23.8 Å². The Labute approximate surface area is 161 Å². The van der Waals surface area contributed by atoms with Crippen molar-refractivity contribution in [1.29, 1.82) is 0 Å². The Balaban J connectivity index is 1.52. The van der Waals surface area contributed by atoms with Crippen LogP contribution in [0.1, 0.15) is 42.1 Å². The summed E-state index contributed by atoms with van der Waals surface area (Å²) in [5, 5.41) is 10.6. The number of hydrogen-bond donors (Lipinski definition) is 1. The summed E-state index contributed by atoms with van der Waals surface area (Å²) in [4.78, 5) is 16.9. The molecule has 0 bridgehead atoms. The fourth-order valence-corrected chi connectivity index (χ4v) is 2.88. The minimum atomic E-state index is -0.428. The van der Waals surface area contributed by atoms with Crippen LogP contribution in [-0.4, -0.2) is 34.4 Å². The first-order valence-corrected chi connectivity index (χ1v) is 8.99. The number of nitrogens with zero attached hydrogens (tertiary/aromatic N) is 3. The van der Waals surface area contributed by atoms with E-state index in [9.17, 15) is 4.79 Å². The Morgan fingerprint density at radius 1 is 1.07 bits per heavy atom. The lowest BCUT2D eigenvalue weighted by Gasteiger charge is -2.18. The van der Waals surface area contributed by atoms with Crippen LogP contribution in [0.4, 0.5) is 0 Å². The molecule has 3 aromatic rings. The van der Waals surface area contributed by atoms with Crippen LogP contribution in [-0.2, 0) is 0 Å². The van der Waals surface area contributed by atoms with Crippen molar-refractivity contribution in [2.45, 2.75) is 26.8 Å². The molecule has 1 atom stereocenters. The highest BCUT2D eigenvalue weighted by atomic mass is 16.6. The fraction of sp³-hybridized carbons (Fsp3) is 0.368. The van der Waals surface area contributed by atoms with E-state index in [2.05, 4.69) is 20.6 Å². The third kappa shape index (κ3) is 3.55. The van der Waals surface area contributed by atoms with Crippen LogP contribution in [0, 0.1) is 12.8 Å². The van der Waals surface area contributed by atoms with Crippen LogP contribution in [0.5, 0.6) is 11.5 Å². The van der Waals surface area contributed by atoms with Crippen molar-refractivity contribution >= 4 is 5.91 Å². The summed E-state index contributed by atoms with van der Waals surface area (Å²) < 4.78 is 21.7. The lowest BCUT2D eigenvalue weighted by atomic mass is 10.0. The van der Waals surface area contributed by atoms with E-state index in [4.69, 9.17) is 18.5 Å². The molecule has 0 saturated heterocycles. The molecule has 9 heteroatoms. The zero-order chi connectivity index (χ0) is 19.7. The van der Waals surface area contributed by atoms with E-state index < -0.39 is 6.04 Å². The van der Waals surface area contributed by atoms with Gasteiger partial charge in [-0.25, -0.2) is 0 Å². The van der Waals surface area contributed by atoms with Crippen LogP contribution in [0.2, 0.25) is 0 Å². The Kier molecular flexibility index (Phi) is 4.72. The van der Waals surface area contributed by atoms with E-state index in [-0.39, 0.29) is 17.5 Å². The molecule has 3 heterocycles. The number of carbonyl (C=O) groups excluding carboxylic acids is 1. The molecule has 146 valence electrons. The van der Waals surface area contributed by atoms with Crippen molar-refractivity contribution in [2.75, 3.05) is 13.2 Å². The largest absolute Gasteiger partial charge is 0.486 e. The molecule has 1 N–H and O–H groups in total. The van der Waals surface area contributed by atoms with E-state index in [1.807, 2.05) is 19.9 Å². The first-order chi connectivity index (χ1) is 13.5. The molecule has 1 amide bonds. The number of hydrogen-bond acceptors (Lipinski definition) is 8. The highest BCUT2D eigenvalue weighted by Gasteiger charge is 2.26. The van der Waals surface area contributed by atoms with E-state index in [0.29, 0.717) is 42.2 Å². The second-order valence-corrected chi connectivity index (χ2v) is 6.81. The summed E-state index contributed by atoms with van der Waals surface area (Å²) >= 11 is 0. The quantitative estimate of drug-likeness (QED) is 0.714. The normalized spacial score (nSPS) is 14.1. The smallest absolute Gasteiger partial charge is 0.274 e. The van der Waals surface area contributed by atoms with Gasteiger partial charge in [0, 0.05) is 11.6 Å². The predicted molar refractivity (Wildman–Crippen MR) is 97.0 cm³/mol. The number of fused-ring (bicyclic) bond motifs is 1. The molecule has 0 aliphatic carbocycles. The molecule has 0 saturated carbocycles. The van der Waals surface area contributed by atoms with Crippen molar-refractivity contribution in [3.05, 3.63) is 41.7 Å². The highest BCUT2D eigenvalue weighted by Crippen LogP contribution is 2.34. The molecule has 1 aliphatic rings. The molecule has 9 nitrogen and oxygen atoms in total. The lowest BCUT2D eigenvalue weighted by Crippen LogP contribution is -2.32. The van der Waals surface area contributed by atoms with Gasteiger partial charge in [-0.15, -0.1) is 0 Å². The van der Waals surface area contributed by atoms with Gasteiger partial charge >= 0.3 is 0 Å². The van der Waals surface area contributed by atoms with Crippen LogP contribution in [0.15, 0.2) is 33.3 Å². The highest BCUT2D eigenvalue weighted by molar-refractivity contribution is 5.93. The first-order valence-electron chi connectivity index (χ1n) is 8.99. The van der Waals surface area contributed by atoms with Crippen LogP contribution >= 0.6 is 0 Å². The van der Waals surface area contributed by atoms with Crippen LogP contribution in [0.3, 0.4) is 0 Å². The average molecular weight is 384 g/mol. The SMILES string of the molecule is Cc1noc([C@H](NC(=O)c2cc(-c3ccc4c(c3)OCCO4)on2)C(C)C)n1. The predicted octanol–water partition coefficient (Wildman–Crippen LogP) is 2.93. The average Bonchev–Trinajstić information content (AvgIpc) is 3.35. The van der Waals surface area contributed by atoms with Gasteiger partial charge in [-0.3, -0.25) is 4.79 Å². The van der Waals surface area contributed by atoms with E-state index in [1.165, 1.54) is 0 Å². The number of aryl methyl sites for hydroxylation is 1. The van der Waals surface area contributed by atoms with E-state index in [0.717, 1.165) is 5.56 Å². The fourth-order valence-electron chi connectivity index (χ4n) is 2.88. The van der Waals surface area contributed by atoms with Crippen molar-refractivity contribution in [2.24, 2.45) is 5.92 Å². The van der Waals surface area contributed by atoms with Gasteiger partial charge in [-0.05, 0) is 31.0 Å². The summed E-state index contributed by atoms with van der Waals surface area (Å²) in [6, 6.07) is 6.58. The standard InChI is InChI=1S/C19H20N4O5/c1-10(2)17(19-20-11(3)22-28-19)21-18(24)13-9-15(27-23-13)12-4-5-14-16(8-12)26-7-6-25-14/h4-5,8-10,17H,6-7H2,1-3H3,(H,21,24)/t17-/m1/s1. The van der Waals surface area contributed by atoms with Crippen molar-refractivity contribution in [3.8, 4) is 22.8 Å². The maximum absolute atomic E-state index is 12.6. The molecule has 0 spiro atoms. The molecular formula is C19H20N4O5. The van der Waals surface area contributed by atoms with Gasteiger partial charge in [0.15, 0.2) is 28.8 Å². The molecule has 1 aromatic carbocycles.